The number of ether oxygens (including phenoxy) is 3. The third kappa shape index (κ3) is 5.12. The lowest BCUT2D eigenvalue weighted by Crippen LogP contribution is -2.29. The number of benzene rings is 1. The molecule has 1 aromatic carbocycles. The number of nitrogens with zero attached hydrogens (tertiary/aromatic N) is 1. The molecule has 0 bridgehead atoms. The van der Waals surface area contributed by atoms with Crippen molar-refractivity contribution >= 4 is 17.3 Å². The van der Waals surface area contributed by atoms with Gasteiger partial charge >= 0.3 is 5.97 Å². The molecular weight excluding hydrogens is 434 g/mol. The van der Waals surface area contributed by atoms with Crippen LogP contribution in [0.1, 0.15) is 56.2 Å². The van der Waals surface area contributed by atoms with Crippen molar-refractivity contribution < 1.29 is 19.0 Å². The van der Waals surface area contributed by atoms with Crippen molar-refractivity contribution in [3.05, 3.63) is 58.7 Å². The van der Waals surface area contributed by atoms with Crippen molar-refractivity contribution in [2.24, 2.45) is 0 Å². The highest BCUT2D eigenvalue weighted by Crippen LogP contribution is 2.48. The summed E-state index contributed by atoms with van der Waals surface area (Å²) in [6, 6.07) is 10.3. The molecule has 0 saturated heterocycles. The Morgan fingerprint density at radius 1 is 1.18 bits per heavy atom. The summed E-state index contributed by atoms with van der Waals surface area (Å²) in [7, 11) is 0. The Morgan fingerprint density at radius 3 is 2.64 bits per heavy atom. The Balaban J connectivity index is 1.95. The SMILES string of the molecule is CCOC(=O)C(OC(C)(C)C)c1c(C)sc(-c2ccncc2)c1-c1ccc2c(c1)CCCO2. The van der Waals surface area contributed by atoms with E-state index in [1.165, 1.54) is 5.56 Å². The summed E-state index contributed by atoms with van der Waals surface area (Å²) < 4.78 is 17.6. The van der Waals surface area contributed by atoms with Crippen molar-refractivity contribution in [2.45, 2.75) is 59.2 Å². The van der Waals surface area contributed by atoms with Gasteiger partial charge in [0.1, 0.15) is 5.75 Å². The molecule has 5 nitrogen and oxygen atoms in total. The van der Waals surface area contributed by atoms with Gasteiger partial charge < -0.3 is 14.2 Å². The minimum Gasteiger partial charge on any atom is -0.493 e. The number of hydrogen-bond donors (Lipinski definition) is 0. The Kier molecular flexibility index (Phi) is 6.86. The molecular formula is C27H31NO4S. The van der Waals surface area contributed by atoms with E-state index in [-0.39, 0.29) is 5.97 Å². The van der Waals surface area contributed by atoms with Crippen molar-refractivity contribution in [3.8, 4) is 27.3 Å². The molecule has 1 aliphatic rings. The standard InChI is InChI=1S/C27H31NO4S/c1-6-30-26(29)24(32-27(3,4)5)22-17(2)33-25(18-11-13-28-14-12-18)23(22)20-9-10-21-19(16-20)8-7-15-31-21/h9-14,16,24H,6-8,15H2,1-5H3. The molecule has 6 heteroatoms. The number of hydrogen-bond acceptors (Lipinski definition) is 6. The fraction of sp³-hybridized carbons (Fsp3) is 0.407. The number of pyridine rings is 1. The number of aryl methyl sites for hydroxylation is 2. The van der Waals surface area contributed by atoms with Gasteiger partial charge in [-0.2, -0.15) is 0 Å². The molecule has 4 rings (SSSR count). The maximum atomic E-state index is 13.2. The Hall–Kier alpha value is -2.70. The first-order valence-corrected chi connectivity index (χ1v) is 12.2. The third-order valence-corrected chi connectivity index (χ3v) is 6.67. The highest BCUT2D eigenvalue weighted by Gasteiger charge is 2.35. The lowest BCUT2D eigenvalue weighted by molar-refractivity contribution is -0.166. The number of esters is 1. The van der Waals surface area contributed by atoms with Crippen molar-refractivity contribution in [2.75, 3.05) is 13.2 Å². The van der Waals surface area contributed by atoms with Crippen LogP contribution >= 0.6 is 11.3 Å². The van der Waals surface area contributed by atoms with Gasteiger partial charge in [-0.05, 0) is 88.4 Å². The summed E-state index contributed by atoms with van der Waals surface area (Å²) in [6.45, 7) is 10.8. The smallest absolute Gasteiger partial charge is 0.340 e. The first-order chi connectivity index (χ1) is 15.8. The topological polar surface area (TPSA) is 57.7 Å². The van der Waals surface area contributed by atoms with Crippen LogP contribution in [0.25, 0.3) is 21.6 Å². The zero-order valence-corrected chi connectivity index (χ0v) is 20.8. The van der Waals surface area contributed by atoms with Crippen LogP contribution in [0, 0.1) is 6.92 Å². The van der Waals surface area contributed by atoms with Gasteiger partial charge in [-0.15, -0.1) is 11.3 Å². The second kappa shape index (κ2) is 9.65. The first-order valence-electron chi connectivity index (χ1n) is 11.4. The predicted octanol–water partition coefficient (Wildman–Crippen LogP) is 6.53. The van der Waals surface area contributed by atoms with Crippen LogP contribution in [0.15, 0.2) is 42.7 Å². The number of rotatable bonds is 6. The fourth-order valence-corrected chi connectivity index (χ4v) is 5.39. The molecule has 0 fully saturated rings. The Labute approximate surface area is 199 Å². The van der Waals surface area contributed by atoms with Crippen LogP contribution in [0.4, 0.5) is 0 Å². The predicted molar refractivity (Wildman–Crippen MR) is 132 cm³/mol. The molecule has 1 unspecified atom stereocenters. The highest BCUT2D eigenvalue weighted by atomic mass is 32.1. The average molecular weight is 466 g/mol. The Bertz CT molecular complexity index is 1130. The zero-order chi connectivity index (χ0) is 23.6. The maximum Gasteiger partial charge on any atom is 0.340 e. The number of carbonyl (C=O) groups is 1. The van der Waals surface area contributed by atoms with E-state index in [0.29, 0.717) is 6.61 Å². The molecule has 174 valence electrons. The zero-order valence-electron chi connectivity index (χ0n) is 19.9. The number of aromatic nitrogens is 1. The molecule has 0 amide bonds. The number of fused-ring (bicyclic) bond motifs is 1. The highest BCUT2D eigenvalue weighted by molar-refractivity contribution is 7.16. The molecule has 0 saturated carbocycles. The van der Waals surface area contributed by atoms with Crippen molar-refractivity contribution in [1.82, 2.24) is 4.98 Å². The average Bonchev–Trinajstić information content (AvgIpc) is 3.14. The van der Waals surface area contributed by atoms with Crippen molar-refractivity contribution in [3.63, 3.8) is 0 Å². The minimum atomic E-state index is -0.820. The molecule has 0 spiro atoms. The molecule has 0 N–H and O–H groups in total. The summed E-state index contributed by atoms with van der Waals surface area (Å²) in [5.41, 5.74) is 4.67. The minimum absolute atomic E-state index is 0.300. The summed E-state index contributed by atoms with van der Waals surface area (Å²) in [4.78, 5) is 19.5. The van der Waals surface area contributed by atoms with E-state index >= 15 is 0 Å². The van der Waals surface area contributed by atoms with E-state index in [1.807, 2.05) is 52.8 Å². The monoisotopic (exact) mass is 465 g/mol. The number of thiophene rings is 1. The second-order valence-corrected chi connectivity index (χ2v) is 10.4. The van der Waals surface area contributed by atoms with Crippen LogP contribution < -0.4 is 4.74 Å². The second-order valence-electron chi connectivity index (χ2n) is 9.15. The van der Waals surface area contributed by atoms with Gasteiger partial charge in [0.2, 0.25) is 0 Å². The largest absolute Gasteiger partial charge is 0.493 e. The summed E-state index contributed by atoms with van der Waals surface area (Å²) >= 11 is 1.67. The summed E-state index contributed by atoms with van der Waals surface area (Å²) in [5.74, 6) is 0.578. The van der Waals surface area contributed by atoms with E-state index in [2.05, 4.69) is 17.1 Å². The van der Waals surface area contributed by atoms with E-state index < -0.39 is 11.7 Å². The molecule has 33 heavy (non-hydrogen) atoms. The van der Waals surface area contributed by atoms with E-state index in [0.717, 1.165) is 57.2 Å². The first kappa shape index (κ1) is 23.5. The fourth-order valence-electron chi connectivity index (χ4n) is 4.18. The van der Waals surface area contributed by atoms with E-state index in [9.17, 15) is 4.79 Å². The molecule has 0 radical (unpaired) electrons. The third-order valence-electron chi connectivity index (χ3n) is 5.50. The van der Waals surface area contributed by atoms with E-state index in [1.54, 1.807) is 23.7 Å². The number of carbonyl (C=O) groups excluding carboxylic acids is 1. The summed E-state index contributed by atoms with van der Waals surface area (Å²) in [5, 5.41) is 0. The van der Waals surface area contributed by atoms with Gasteiger partial charge in [0, 0.05) is 33.3 Å². The molecule has 0 aliphatic carbocycles. The Morgan fingerprint density at radius 2 is 1.94 bits per heavy atom. The van der Waals surface area contributed by atoms with Gasteiger partial charge in [0.25, 0.3) is 0 Å². The van der Waals surface area contributed by atoms with Gasteiger partial charge in [0.05, 0.1) is 18.8 Å². The molecule has 3 aromatic rings. The molecule has 1 atom stereocenters. The lowest BCUT2D eigenvalue weighted by atomic mass is 9.92. The van der Waals surface area contributed by atoms with Crippen LogP contribution in [0.2, 0.25) is 0 Å². The maximum absolute atomic E-state index is 13.2. The molecule has 1 aliphatic heterocycles. The van der Waals surface area contributed by atoms with Gasteiger partial charge in [-0.1, -0.05) is 6.07 Å². The molecule has 2 aromatic heterocycles. The van der Waals surface area contributed by atoms with Crippen LogP contribution in [0.3, 0.4) is 0 Å². The van der Waals surface area contributed by atoms with E-state index in [4.69, 9.17) is 14.2 Å². The van der Waals surface area contributed by atoms with Crippen LogP contribution in [-0.2, 0) is 20.7 Å². The van der Waals surface area contributed by atoms with Crippen molar-refractivity contribution in [1.29, 1.82) is 0 Å². The normalized spacial score (nSPS) is 14.3. The van der Waals surface area contributed by atoms with Crippen LogP contribution in [0.5, 0.6) is 5.75 Å². The molecule has 3 heterocycles. The summed E-state index contributed by atoms with van der Waals surface area (Å²) in [6.07, 6.45) is 4.75. The van der Waals surface area contributed by atoms with Gasteiger partial charge in [-0.25, -0.2) is 4.79 Å². The van der Waals surface area contributed by atoms with Gasteiger partial charge in [-0.3, -0.25) is 4.98 Å². The van der Waals surface area contributed by atoms with Crippen LogP contribution in [-0.4, -0.2) is 29.8 Å². The lowest BCUT2D eigenvalue weighted by Gasteiger charge is -2.27. The van der Waals surface area contributed by atoms with Gasteiger partial charge in [0.15, 0.2) is 6.10 Å². The quantitative estimate of drug-likeness (QED) is 0.387.